The molecule has 1 aromatic carbocycles. The summed E-state index contributed by atoms with van der Waals surface area (Å²) in [6, 6.07) is 1.49. The molecular formula is C29H41NaO7S. The molecule has 0 saturated heterocycles. The normalized spacial score (nSPS) is 44.0. The van der Waals surface area contributed by atoms with Gasteiger partial charge in [0.2, 0.25) is 0 Å². The zero-order valence-electron chi connectivity index (χ0n) is 23.8. The third kappa shape index (κ3) is 3.79. The Morgan fingerprint density at radius 3 is 2.08 bits per heavy atom. The van der Waals surface area contributed by atoms with Crippen LogP contribution in [0, 0.1) is 40.4 Å². The molecule has 0 amide bonds. The molecule has 3 fully saturated rings. The van der Waals surface area contributed by atoms with E-state index in [1.165, 1.54) is 6.07 Å². The topological polar surface area (TPSA) is 135 Å². The van der Waals surface area contributed by atoms with Gasteiger partial charge < -0.3 is 19.9 Å². The minimum absolute atomic E-state index is 0. The summed E-state index contributed by atoms with van der Waals surface area (Å²) in [5, 5.41) is 29.8. The summed E-state index contributed by atoms with van der Waals surface area (Å²) in [5.41, 5.74) is -0.532. The maximum atomic E-state index is 12.7. The monoisotopic (exact) mass is 556 g/mol. The minimum atomic E-state index is -4.74. The summed E-state index contributed by atoms with van der Waals surface area (Å²) in [6.45, 7) is 12.4. The minimum Gasteiger partial charge on any atom is -0.747 e. The van der Waals surface area contributed by atoms with Gasteiger partial charge in [-0.05, 0) is 121 Å². The van der Waals surface area contributed by atoms with Crippen molar-refractivity contribution in [3.63, 3.8) is 0 Å². The summed E-state index contributed by atoms with van der Waals surface area (Å²) in [7, 11) is -4.74. The number of hydrogen-bond donors (Lipinski definition) is 3. The van der Waals surface area contributed by atoms with Crippen molar-refractivity contribution in [1.82, 2.24) is 0 Å². The zero-order chi connectivity index (χ0) is 27.6. The van der Waals surface area contributed by atoms with Gasteiger partial charge >= 0.3 is 35.5 Å². The molecule has 38 heavy (non-hydrogen) atoms. The number of carbonyl (C=O) groups is 1. The number of hydrogen-bond acceptors (Lipinski definition) is 6. The molecule has 0 heterocycles. The Morgan fingerprint density at radius 1 is 0.947 bits per heavy atom. The maximum Gasteiger partial charge on any atom is 1.00 e. The van der Waals surface area contributed by atoms with Crippen LogP contribution >= 0.6 is 0 Å². The molecule has 9 heteroatoms. The van der Waals surface area contributed by atoms with Gasteiger partial charge in [0.25, 0.3) is 0 Å². The van der Waals surface area contributed by atoms with Crippen LogP contribution in [0.1, 0.15) is 108 Å². The van der Waals surface area contributed by atoms with Gasteiger partial charge in [0.15, 0.2) is 11.5 Å². The maximum absolute atomic E-state index is 12.7. The fraction of sp³-hybridized carbons (Fsp3) is 0.759. The third-order valence-corrected chi connectivity index (χ3v) is 13.7. The first-order chi connectivity index (χ1) is 16.8. The first-order valence-corrected chi connectivity index (χ1v) is 15.1. The second-order valence-electron chi connectivity index (χ2n) is 14.1. The first-order valence-electron chi connectivity index (χ1n) is 13.6. The van der Waals surface area contributed by atoms with Crippen LogP contribution in [-0.2, 0) is 20.3 Å². The zero-order valence-corrected chi connectivity index (χ0v) is 26.7. The van der Waals surface area contributed by atoms with Gasteiger partial charge in [0.05, 0.1) is 10.7 Å². The first kappa shape index (κ1) is 30.2. The summed E-state index contributed by atoms with van der Waals surface area (Å²) < 4.78 is 38.1. The van der Waals surface area contributed by atoms with Crippen LogP contribution in [0.5, 0.6) is 11.5 Å². The van der Waals surface area contributed by atoms with Crippen molar-refractivity contribution in [2.45, 2.75) is 104 Å². The fourth-order valence-corrected chi connectivity index (χ4v) is 10.8. The molecule has 4 aliphatic rings. The van der Waals surface area contributed by atoms with Crippen molar-refractivity contribution in [3.05, 3.63) is 22.8 Å². The Balaban J connectivity index is 0.00000336. The summed E-state index contributed by atoms with van der Waals surface area (Å²) in [4.78, 5) is 12.3. The Bertz CT molecular complexity index is 1300. The largest absolute Gasteiger partial charge is 1.00 e. The Morgan fingerprint density at radius 2 is 1.50 bits per heavy atom. The van der Waals surface area contributed by atoms with Crippen LogP contribution in [0.15, 0.2) is 6.07 Å². The molecule has 7 nitrogen and oxygen atoms in total. The van der Waals surface area contributed by atoms with Gasteiger partial charge in [-0.3, -0.25) is 4.79 Å². The molecule has 3 saturated carbocycles. The second-order valence-corrected chi connectivity index (χ2v) is 15.7. The van der Waals surface area contributed by atoms with Gasteiger partial charge in [-0.25, -0.2) is 8.42 Å². The Hall–Kier alpha value is -0.800. The van der Waals surface area contributed by atoms with Crippen LogP contribution in [-0.4, -0.2) is 34.3 Å². The smallest absolute Gasteiger partial charge is 0.747 e. The van der Waals surface area contributed by atoms with E-state index in [1.807, 2.05) is 6.92 Å². The average Bonchev–Trinajstić information content (AvgIpc) is 2.80. The molecule has 0 spiro atoms. The van der Waals surface area contributed by atoms with E-state index in [4.69, 9.17) is 0 Å². The van der Waals surface area contributed by atoms with Crippen molar-refractivity contribution < 1.29 is 62.6 Å². The van der Waals surface area contributed by atoms with Crippen LogP contribution in [0.25, 0.3) is 0 Å². The number of phenols is 2. The molecule has 0 aliphatic heterocycles. The number of rotatable bonds is 2. The number of phenolic OH excluding ortho intramolecular Hbond substituents is 2. The van der Waals surface area contributed by atoms with Crippen molar-refractivity contribution in [2.24, 2.45) is 33.5 Å². The van der Waals surface area contributed by atoms with Crippen molar-refractivity contribution >= 4 is 16.1 Å². The molecule has 2 unspecified atom stereocenters. The Kier molecular flexibility index (Phi) is 7.02. The van der Waals surface area contributed by atoms with Crippen molar-refractivity contribution in [2.75, 3.05) is 0 Å². The number of benzene rings is 1. The molecule has 0 bridgehead atoms. The van der Waals surface area contributed by atoms with E-state index in [2.05, 4.69) is 27.7 Å². The quantitative estimate of drug-likeness (QED) is 0.290. The van der Waals surface area contributed by atoms with E-state index in [0.29, 0.717) is 24.0 Å². The van der Waals surface area contributed by atoms with E-state index < -0.39 is 32.2 Å². The molecular weight excluding hydrogens is 515 g/mol. The average molecular weight is 557 g/mol. The predicted octanol–water partition coefficient (Wildman–Crippen LogP) is 2.77. The SMILES string of the molecule is Cc1c(O)c(O)cc2c1C(S(=O)(=O)[O-])CC1[C@@]2(C)CC[C@@]2(C)[C@@H]3C[C@](C)(C(=O)O)CC[C@]3(C)CC[C@]12C.[Na+]. The summed E-state index contributed by atoms with van der Waals surface area (Å²) >= 11 is 0. The van der Waals surface area contributed by atoms with Crippen LogP contribution in [0.3, 0.4) is 0 Å². The van der Waals surface area contributed by atoms with E-state index >= 15 is 0 Å². The molecule has 5 rings (SSSR count). The Labute approximate surface area is 248 Å². The molecule has 1 aromatic rings. The van der Waals surface area contributed by atoms with Crippen LogP contribution < -0.4 is 29.6 Å². The molecule has 3 N–H and O–H groups in total. The van der Waals surface area contributed by atoms with E-state index in [0.717, 1.165) is 32.1 Å². The number of aromatic hydroxyl groups is 2. The molecule has 0 aromatic heterocycles. The van der Waals surface area contributed by atoms with Gasteiger partial charge in [-0.1, -0.05) is 27.7 Å². The van der Waals surface area contributed by atoms with Crippen LogP contribution in [0.4, 0.5) is 0 Å². The number of carboxylic acids is 1. The van der Waals surface area contributed by atoms with Crippen LogP contribution in [0.2, 0.25) is 0 Å². The van der Waals surface area contributed by atoms with E-state index in [1.54, 1.807) is 6.92 Å². The summed E-state index contributed by atoms with van der Waals surface area (Å²) in [5.74, 6) is -1.40. The fourth-order valence-electron chi connectivity index (χ4n) is 9.81. The van der Waals surface area contributed by atoms with Gasteiger partial charge in [-0.15, -0.1) is 0 Å². The number of aliphatic carboxylic acids is 1. The number of carboxylic acid groups (broad SMARTS) is 1. The standard InChI is InChI=1S/C29H42O7S.Na/c1-16-22-17(13-18(30)23(16)31)27(4)10-12-29(6)21-15-26(3,24(32)33)8-7-25(21,2)9-11-28(29,5)20(27)14-19(22)37(34,35)36;/h13,19-21,30-31H,7-12,14-15H2,1-6H3,(H,32,33)(H,34,35,36);/q;+1/p-1/t19?,20?,21-,25-,26-,27+,28-,29+;/m1./s1. The molecule has 8 atom stereocenters. The van der Waals surface area contributed by atoms with Gasteiger partial charge in [-0.2, -0.15) is 0 Å². The van der Waals surface area contributed by atoms with Gasteiger partial charge in [0, 0.05) is 0 Å². The van der Waals surface area contributed by atoms with Gasteiger partial charge in [0.1, 0.15) is 10.1 Å². The third-order valence-electron chi connectivity index (χ3n) is 12.6. The van der Waals surface area contributed by atoms with Crippen molar-refractivity contribution in [1.29, 1.82) is 0 Å². The molecule has 4 aliphatic carbocycles. The van der Waals surface area contributed by atoms with E-state index in [9.17, 15) is 33.1 Å². The van der Waals surface area contributed by atoms with Crippen molar-refractivity contribution in [3.8, 4) is 11.5 Å². The van der Waals surface area contributed by atoms with E-state index in [-0.39, 0.29) is 81.1 Å². The molecule has 0 radical (unpaired) electrons. The molecule has 206 valence electrons. The predicted molar refractivity (Wildman–Crippen MR) is 138 cm³/mol. The summed E-state index contributed by atoms with van der Waals surface area (Å²) in [6.07, 6.45) is 5.70. The number of fused-ring (bicyclic) bond motifs is 7. The second kappa shape index (κ2) is 8.85.